The highest BCUT2D eigenvalue weighted by Crippen LogP contribution is 2.54. The molecule has 0 heterocycles. The number of phenols is 8. The molecule has 4 aliphatic carbocycles. The molecule has 4 aromatic rings. The van der Waals surface area contributed by atoms with Crippen molar-refractivity contribution in [1.29, 1.82) is 0 Å². The van der Waals surface area contributed by atoms with E-state index >= 15 is 38.4 Å². The molecule has 20 nitrogen and oxygen atoms in total. The molecule has 474 valence electrons. The summed E-state index contributed by atoms with van der Waals surface area (Å²) < 4.78 is 11.7. The molecule has 0 bridgehead atoms. The fraction of sp³-hybridized carbons (Fsp3) is 0.250. The van der Waals surface area contributed by atoms with E-state index in [2.05, 4.69) is 0 Å². The second-order valence-corrected chi connectivity index (χ2v) is 24.0. The summed E-state index contributed by atoms with van der Waals surface area (Å²) in [6, 6.07) is 4.21. The summed E-state index contributed by atoms with van der Waals surface area (Å²) in [7, 11) is 0. The number of carbonyl (C=O) groups excluding carboxylic acids is 10. The highest BCUT2D eigenvalue weighted by molar-refractivity contribution is 6.51. The molecule has 0 fully saturated rings. The Morgan fingerprint density at radius 2 is 0.620 bits per heavy atom. The van der Waals surface area contributed by atoms with Crippen LogP contribution in [-0.4, -0.2) is 111 Å². The van der Waals surface area contributed by atoms with E-state index in [1.54, 1.807) is 107 Å². The summed E-state index contributed by atoms with van der Waals surface area (Å²) in [5.74, 6) is -22.4. The summed E-state index contributed by atoms with van der Waals surface area (Å²) in [6.45, 7) is 19.9. The van der Waals surface area contributed by atoms with Gasteiger partial charge >= 0.3 is 11.9 Å². The summed E-state index contributed by atoms with van der Waals surface area (Å²) in [5.41, 5.74) is -13.4. The number of rotatable bonds is 17. The van der Waals surface area contributed by atoms with Crippen LogP contribution < -0.4 is 0 Å². The van der Waals surface area contributed by atoms with Crippen LogP contribution in [0, 0.1) is 0 Å². The van der Waals surface area contributed by atoms with Gasteiger partial charge in [0.15, 0.2) is 46.3 Å². The van der Waals surface area contributed by atoms with Crippen molar-refractivity contribution in [3.63, 3.8) is 0 Å². The molecule has 0 spiro atoms. The van der Waals surface area contributed by atoms with Gasteiger partial charge in [-0.3, -0.25) is 38.4 Å². The first-order valence-corrected chi connectivity index (χ1v) is 29.0. The second-order valence-electron chi connectivity index (χ2n) is 24.0. The van der Waals surface area contributed by atoms with Gasteiger partial charge in [0, 0.05) is 80.7 Å². The highest BCUT2D eigenvalue weighted by atomic mass is 16.5. The molecule has 4 aliphatic rings. The monoisotopic (exact) mass is 1250 g/mol. The Morgan fingerprint density at radius 3 is 0.891 bits per heavy atom. The van der Waals surface area contributed by atoms with Crippen LogP contribution in [-0.2, 0) is 19.1 Å². The van der Waals surface area contributed by atoms with Gasteiger partial charge in [-0.05, 0) is 132 Å². The highest BCUT2D eigenvalue weighted by Gasteiger charge is 2.50. The molecular weight excluding hydrogens is 1180 g/mol. The zero-order valence-electron chi connectivity index (χ0n) is 52.4. The van der Waals surface area contributed by atoms with Crippen LogP contribution in [0.3, 0.4) is 0 Å². The number of ether oxygens (including phenoxy) is 2. The summed E-state index contributed by atoms with van der Waals surface area (Å²) >= 11 is 0. The van der Waals surface area contributed by atoms with Gasteiger partial charge in [-0.2, -0.15) is 0 Å². The smallest absolute Gasteiger partial charge is 0.331 e. The molecule has 92 heavy (non-hydrogen) atoms. The van der Waals surface area contributed by atoms with Gasteiger partial charge in [0.05, 0.1) is 44.5 Å². The second kappa shape index (κ2) is 25.8. The minimum atomic E-state index is -1.67. The van der Waals surface area contributed by atoms with Crippen molar-refractivity contribution in [3.8, 4) is 46.0 Å². The molecule has 0 saturated carbocycles. The largest absolute Gasteiger partial charge is 0.507 e. The van der Waals surface area contributed by atoms with Crippen LogP contribution in [0.1, 0.15) is 203 Å². The van der Waals surface area contributed by atoms with E-state index in [1.165, 1.54) is 0 Å². The molecule has 0 aromatic heterocycles. The minimum absolute atomic E-state index is 0.238. The first-order chi connectivity index (χ1) is 43.1. The minimum Gasteiger partial charge on any atom is -0.507 e. The van der Waals surface area contributed by atoms with Crippen molar-refractivity contribution in [3.05, 3.63) is 195 Å². The van der Waals surface area contributed by atoms with Gasteiger partial charge in [0.25, 0.3) is 0 Å². The topological polar surface area (TPSA) is 351 Å². The van der Waals surface area contributed by atoms with Gasteiger partial charge in [-0.1, -0.05) is 57.7 Å². The third-order valence-corrected chi connectivity index (χ3v) is 15.5. The SMILES string of the molecule is CC(C)=CCC1=C([C@@H](CC=C(C)C)OC(=O)C=C(C)C)C(=O)c2c(O)c(C3=C(C4=C(c5cc(O)c6c(c5O)C(=O)C([C@@H](CC=C(C)C)OC(=O)C=C(C)C)=C(CC=C(C)C)C6=O)C(=O)c5c(O)ccc(O)c5C4=O)C(=O)c4c(O)ccc(O)c4C3=O)cc(O)c2C1=O. The zero-order chi connectivity index (χ0) is 68.1. The predicted octanol–water partition coefficient (Wildman–Crippen LogP) is 12.2. The molecule has 0 unspecified atom stereocenters. The number of Topliss-reactive ketones (excluding diaryl/α,β-unsaturated/α-hetero) is 8. The quantitative estimate of drug-likeness (QED) is 0.0211. The van der Waals surface area contributed by atoms with Crippen molar-refractivity contribution >= 4 is 69.4 Å². The lowest BCUT2D eigenvalue weighted by molar-refractivity contribution is -0.142. The van der Waals surface area contributed by atoms with Crippen molar-refractivity contribution < 1.29 is 98.3 Å². The number of aromatic hydroxyl groups is 8. The van der Waals surface area contributed by atoms with E-state index in [4.69, 9.17) is 9.47 Å². The van der Waals surface area contributed by atoms with Gasteiger partial charge in [-0.25, -0.2) is 9.59 Å². The normalized spacial score (nSPS) is 15.0. The van der Waals surface area contributed by atoms with E-state index in [1.807, 2.05) is 0 Å². The predicted molar refractivity (Wildman–Crippen MR) is 336 cm³/mol. The molecule has 8 N–H and O–H groups in total. The fourth-order valence-corrected chi connectivity index (χ4v) is 11.4. The molecule has 2 atom stereocenters. The lowest BCUT2D eigenvalue weighted by Gasteiger charge is -2.31. The van der Waals surface area contributed by atoms with Crippen molar-refractivity contribution in [2.45, 2.75) is 121 Å². The molecular formula is C72H66O20. The lowest BCUT2D eigenvalue weighted by atomic mass is 9.69. The van der Waals surface area contributed by atoms with E-state index in [9.17, 15) is 50.4 Å². The number of esters is 2. The van der Waals surface area contributed by atoms with E-state index in [0.717, 1.165) is 36.4 Å². The fourth-order valence-electron chi connectivity index (χ4n) is 11.4. The van der Waals surface area contributed by atoms with Crippen molar-refractivity contribution in [2.24, 2.45) is 0 Å². The van der Waals surface area contributed by atoms with Gasteiger partial charge in [-0.15, -0.1) is 0 Å². The Hall–Kier alpha value is -11.0. The van der Waals surface area contributed by atoms with E-state index < -0.39 is 205 Å². The standard InChI is InChI=1S/C72H66O20/c1-29(2)13-17-35-49(45(23-15-31(5)6)91-47(79)25-33(9)10)67(85)61-57(63(35)81)43(77)27-37(65(61)83)51-59(71(89)55-41(75)21-19-39(73)53(55)69(51)87)60-52(70(88)54-40(74)20-22-42(76)56(54)72(60)90)38-28-44(78)58-62(66(38)84)68(86)50(36(64(58)82)18-14-30(3)4)46(24-16-32(7)8)92-48(80)26-34(11)12/h13-16,19-22,25-28,45-46,73-78,83-84H,17-18,23-24H2,1-12H3/t45-,46-/m1/s1. The number of benzene rings is 4. The third-order valence-electron chi connectivity index (χ3n) is 15.5. The molecule has 20 heteroatoms. The summed E-state index contributed by atoms with van der Waals surface area (Å²) in [5, 5.41) is 96.1. The third kappa shape index (κ3) is 12.1. The average molecular weight is 1250 g/mol. The Labute approximate surface area is 527 Å². The molecule has 0 aliphatic heterocycles. The summed E-state index contributed by atoms with van der Waals surface area (Å²) in [6.07, 6.45) is 4.31. The van der Waals surface area contributed by atoms with Crippen LogP contribution >= 0.6 is 0 Å². The number of hydrogen-bond donors (Lipinski definition) is 8. The maximum Gasteiger partial charge on any atom is 0.331 e. The lowest BCUT2D eigenvalue weighted by Crippen LogP contribution is -2.33. The van der Waals surface area contributed by atoms with Gasteiger partial charge in [0.2, 0.25) is 0 Å². The molecule has 8 rings (SSSR count). The summed E-state index contributed by atoms with van der Waals surface area (Å²) in [4.78, 5) is 151. The van der Waals surface area contributed by atoms with Crippen LogP contribution in [0.25, 0.3) is 11.1 Å². The Bertz CT molecular complexity index is 4150. The maximum absolute atomic E-state index is 15.8. The van der Waals surface area contributed by atoms with Crippen LogP contribution in [0.15, 0.2) is 140 Å². The van der Waals surface area contributed by atoms with E-state index in [0.29, 0.717) is 45.6 Å². The Balaban J connectivity index is 1.54. The Kier molecular flexibility index (Phi) is 18.8. The molecule has 4 aromatic carbocycles. The van der Waals surface area contributed by atoms with Crippen molar-refractivity contribution in [1.82, 2.24) is 0 Å². The maximum atomic E-state index is 15.8. The number of phenolic OH excluding ortho intramolecular Hbond substituents is 8. The van der Waals surface area contributed by atoms with Gasteiger partial charge < -0.3 is 50.3 Å². The number of fused-ring (bicyclic) bond motifs is 4. The van der Waals surface area contributed by atoms with Crippen LogP contribution in [0.4, 0.5) is 0 Å². The van der Waals surface area contributed by atoms with Crippen molar-refractivity contribution in [2.75, 3.05) is 0 Å². The first kappa shape index (κ1) is 66.9. The molecule has 0 amide bonds. The average Bonchev–Trinajstić information content (AvgIpc) is 0.707. The number of allylic oxidation sites excluding steroid dienone is 14. The number of carbonyl (C=O) groups is 10. The number of hydrogen-bond acceptors (Lipinski definition) is 20. The first-order valence-electron chi connectivity index (χ1n) is 29.0. The van der Waals surface area contributed by atoms with Gasteiger partial charge in [0.1, 0.15) is 58.2 Å². The number of ketones is 8. The Morgan fingerprint density at radius 1 is 0.348 bits per heavy atom. The molecule has 0 radical (unpaired) electrons. The van der Waals surface area contributed by atoms with Crippen LogP contribution in [0.5, 0.6) is 46.0 Å². The van der Waals surface area contributed by atoms with Crippen LogP contribution in [0.2, 0.25) is 0 Å². The zero-order valence-corrected chi connectivity index (χ0v) is 52.4. The van der Waals surface area contributed by atoms with E-state index in [-0.39, 0.29) is 36.8 Å². The molecule has 0 saturated heterocycles.